The van der Waals surface area contributed by atoms with Crippen LogP contribution in [0.1, 0.15) is 42.5 Å². The third-order valence-electron chi connectivity index (χ3n) is 5.09. The molecule has 1 heterocycles. The monoisotopic (exact) mass is 380 g/mol. The molecule has 26 heavy (non-hydrogen) atoms. The Hall–Kier alpha value is -1.63. The molecule has 1 aromatic carbocycles. The normalized spacial score (nSPS) is 21.8. The van der Waals surface area contributed by atoms with Gasteiger partial charge in [-0.2, -0.15) is 0 Å². The first-order valence-electron chi connectivity index (χ1n) is 9.07. The Morgan fingerprint density at radius 3 is 2.81 bits per heavy atom. The van der Waals surface area contributed by atoms with E-state index in [0.717, 1.165) is 32.1 Å². The number of benzene rings is 1. The van der Waals surface area contributed by atoms with E-state index in [4.69, 9.17) is 21.1 Å². The average Bonchev–Trinajstić information content (AvgIpc) is 3.00. The molecule has 1 saturated carbocycles. The van der Waals surface area contributed by atoms with Gasteiger partial charge >= 0.3 is 0 Å². The van der Waals surface area contributed by atoms with E-state index in [1.54, 1.807) is 36.3 Å². The molecule has 7 heteroatoms. The average molecular weight is 381 g/mol. The van der Waals surface area contributed by atoms with Gasteiger partial charge < -0.3 is 14.8 Å². The molecule has 2 aliphatic rings. The lowest BCUT2D eigenvalue weighted by molar-refractivity contribution is -0.127. The largest absolute Gasteiger partial charge is 0.383 e. The van der Waals surface area contributed by atoms with Crippen LogP contribution in [0.2, 0.25) is 5.02 Å². The van der Waals surface area contributed by atoms with E-state index in [9.17, 15) is 9.59 Å². The molecule has 142 valence electrons. The molecule has 0 bridgehead atoms. The minimum absolute atomic E-state index is 0.208. The quantitative estimate of drug-likeness (QED) is 0.797. The smallest absolute Gasteiger partial charge is 0.256 e. The van der Waals surface area contributed by atoms with Gasteiger partial charge in [0.2, 0.25) is 5.91 Å². The summed E-state index contributed by atoms with van der Waals surface area (Å²) in [5, 5.41) is 3.33. The van der Waals surface area contributed by atoms with Gasteiger partial charge in [-0.3, -0.25) is 14.5 Å². The number of carbonyl (C=O) groups excluding carboxylic acids is 2. The number of carbonyl (C=O) groups is 2. The van der Waals surface area contributed by atoms with Crippen molar-refractivity contribution in [3.63, 3.8) is 0 Å². The van der Waals surface area contributed by atoms with Crippen LogP contribution in [0.3, 0.4) is 0 Å². The second-order valence-corrected chi connectivity index (χ2v) is 7.24. The van der Waals surface area contributed by atoms with Crippen molar-refractivity contribution in [3.8, 4) is 0 Å². The van der Waals surface area contributed by atoms with Gasteiger partial charge in [-0.1, -0.05) is 24.1 Å². The highest BCUT2D eigenvalue weighted by molar-refractivity contribution is 6.31. The number of ether oxygens (including phenoxy) is 2. The predicted molar refractivity (Wildman–Crippen MR) is 98.1 cm³/mol. The number of halogens is 1. The first kappa shape index (κ1) is 19.1. The van der Waals surface area contributed by atoms with Crippen LogP contribution >= 0.6 is 11.6 Å². The number of rotatable bonds is 5. The molecule has 1 atom stereocenters. The summed E-state index contributed by atoms with van der Waals surface area (Å²) in [6, 6.07) is 6.19. The van der Waals surface area contributed by atoms with E-state index in [1.807, 2.05) is 0 Å². The fourth-order valence-corrected chi connectivity index (χ4v) is 4.02. The Bertz CT molecular complexity index is 661. The van der Waals surface area contributed by atoms with Crippen molar-refractivity contribution in [2.75, 3.05) is 26.9 Å². The fourth-order valence-electron chi connectivity index (χ4n) is 3.83. The van der Waals surface area contributed by atoms with E-state index >= 15 is 0 Å². The molecule has 2 amide bonds. The third-order valence-corrected chi connectivity index (χ3v) is 5.33. The van der Waals surface area contributed by atoms with Crippen LogP contribution in [0, 0.1) is 0 Å². The summed E-state index contributed by atoms with van der Waals surface area (Å²) in [7, 11) is 1.58. The van der Waals surface area contributed by atoms with Crippen molar-refractivity contribution in [1.82, 2.24) is 10.2 Å². The summed E-state index contributed by atoms with van der Waals surface area (Å²) in [6.07, 6.45) is 4.59. The first-order valence-corrected chi connectivity index (χ1v) is 9.45. The summed E-state index contributed by atoms with van der Waals surface area (Å²) < 4.78 is 11.1. The summed E-state index contributed by atoms with van der Waals surface area (Å²) in [6.45, 7) is 1.04. The topological polar surface area (TPSA) is 67.9 Å². The SMILES string of the molecule is COCCNC(=O)[C@H]1COC2(CCCCC2)N1C(=O)c1cccc(Cl)c1. The van der Waals surface area contributed by atoms with E-state index in [-0.39, 0.29) is 18.4 Å². The third kappa shape index (κ3) is 3.87. The summed E-state index contributed by atoms with van der Waals surface area (Å²) in [5.41, 5.74) is -0.219. The maximum absolute atomic E-state index is 13.3. The van der Waals surface area contributed by atoms with Crippen LogP contribution in [-0.4, -0.2) is 55.3 Å². The van der Waals surface area contributed by atoms with Crippen molar-refractivity contribution >= 4 is 23.4 Å². The molecule has 1 saturated heterocycles. The van der Waals surface area contributed by atoms with E-state index in [2.05, 4.69) is 5.32 Å². The zero-order chi connectivity index (χ0) is 18.6. The predicted octanol–water partition coefficient (Wildman–Crippen LogP) is 2.60. The molecule has 1 aromatic rings. The molecule has 6 nitrogen and oxygen atoms in total. The number of hydrogen-bond donors (Lipinski definition) is 1. The standard InChI is InChI=1S/C19H25ClN2O4/c1-25-11-10-21-17(23)16-13-26-19(8-3-2-4-9-19)22(16)18(24)14-6-5-7-15(20)12-14/h5-7,12,16H,2-4,8-11,13H2,1H3,(H,21,23)/t16-/m1/s1. The lowest BCUT2D eigenvalue weighted by Gasteiger charge is -2.41. The zero-order valence-corrected chi connectivity index (χ0v) is 15.8. The van der Waals surface area contributed by atoms with E-state index < -0.39 is 11.8 Å². The van der Waals surface area contributed by atoms with Gasteiger partial charge in [-0.25, -0.2) is 0 Å². The molecule has 2 fully saturated rings. The van der Waals surface area contributed by atoms with Gasteiger partial charge in [-0.05, 0) is 43.9 Å². The van der Waals surface area contributed by atoms with E-state index in [0.29, 0.717) is 23.7 Å². The Balaban J connectivity index is 1.87. The van der Waals surface area contributed by atoms with Crippen LogP contribution in [0.15, 0.2) is 24.3 Å². The second kappa shape index (κ2) is 8.37. The summed E-state index contributed by atoms with van der Waals surface area (Å²) in [4.78, 5) is 27.6. The number of amides is 2. The van der Waals surface area contributed by atoms with Gasteiger partial charge in [-0.15, -0.1) is 0 Å². The second-order valence-electron chi connectivity index (χ2n) is 6.80. The van der Waals surface area contributed by atoms with E-state index in [1.165, 1.54) is 0 Å². The highest BCUT2D eigenvalue weighted by Gasteiger charge is 2.52. The maximum Gasteiger partial charge on any atom is 0.256 e. The summed E-state index contributed by atoms with van der Waals surface area (Å²) in [5.74, 6) is -0.418. The van der Waals surface area contributed by atoms with Crippen molar-refractivity contribution in [1.29, 1.82) is 0 Å². The van der Waals surface area contributed by atoms with Gasteiger partial charge in [0.25, 0.3) is 5.91 Å². The number of nitrogens with zero attached hydrogens (tertiary/aromatic N) is 1. The lowest BCUT2D eigenvalue weighted by atomic mass is 9.89. The van der Waals surface area contributed by atoms with Crippen molar-refractivity contribution in [2.24, 2.45) is 0 Å². The lowest BCUT2D eigenvalue weighted by Crippen LogP contribution is -2.56. The van der Waals surface area contributed by atoms with Crippen LogP contribution < -0.4 is 5.32 Å². The highest BCUT2D eigenvalue weighted by atomic mass is 35.5. The van der Waals surface area contributed by atoms with Crippen molar-refractivity contribution in [3.05, 3.63) is 34.9 Å². The van der Waals surface area contributed by atoms with Gasteiger partial charge in [0, 0.05) is 24.2 Å². The minimum Gasteiger partial charge on any atom is -0.383 e. The Morgan fingerprint density at radius 1 is 1.35 bits per heavy atom. The highest BCUT2D eigenvalue weighted by Crippen LogP contribution is 2.41. The molecule has 1 aliphatic heterocycles. The number of nitrogens with one attached hydrogen (secondary N) is 1. The summed E-state index contributed by atoms with van der Waals surface area (Å²) >= 11 is 6.06. The molecule has 0 radical (unpaired) electrons. The molecular formula is C19H25ClN2O4. The van der Waals surface area contributed by atoms with Gasteiger partial charge in [0.15, 0.2) is 0 Å². The fraction of sp³-hybridized carbons (Fsp3) is 0.579. The minimum atomic E-state index is -0.694. The molecule has 3 rings (SSSR count). The Morgan fingerprint density at radius 2 is 2.12 bits per heavy atom. The Kier molecular flexibility index (Phi) is 6.16. The molecular weight excluding hydrogens is 356 g/mol. The number of hydrogen-bond acceptors (Lipinski definition) is 4. The van der Waals surface area contributed by atoms with Crippen molar-refractivity contribution in [2.45, 2.75) is 43.9 Å². The van der Waals surface area contributed by atoms with Crippen LogP contribution in [0.5, 0.6) is 0 Å². The van der Waals surface area contributed by atoms with Gasteiger partial charge in [0.05, 0.1) is 13.2 Å². The molecule has 0 unspecified atom stereocenters. The molecule has 1 spiro atoms. The molecule has 1 aliphatic carbocycles. The van der Waals surface area contributed by atoms with Crippen LogP contribution in [0.25, 0.3) is 0 Å². The zero-order valence-electron chi connectivity index (χ0n) is 15.0. The van der Waals surface area contributed by atoms with Crippen LogP contribution in [-0.2, 0) is 14.3 Å². The van der Waals surface area contributed by atoms with Gasteiger partial charge in [0.1, 0.15) is 11.8 Å². The van der Waals surface area contributed by atoms with Crippen molar-refractivity contribution < 1.29 is 19.1 Å². The first-order chi connectivity index (χ1) is 12.6. The molecule has 0 aromatic heterocycles. The Labute approximate surface area is 158 Å². The maximum atomic E-state index is 13.3. The van der Waals surface area contributed by atoms with Crippen LogP contribution in [0.4, 0.5) is 0 Å². The number of methoxy groups -OCH3 is 1. The molecule has 1 N–H and O–H groups in total.